The van der Waals surface area contributed by atoms with Crippen LogP contribution in [0.5, 0.6) is 5.75 Å². The lowest BCUT2D eigenvalue weighted by atomic mass is 9.99. The highest BCUT2D eigenvalue weighted by molar-refractivity contribution is 6.34. The lowest BCUT2D eigenvalue weighted by Crippen LogP contribution is -2.47. The monoisotopic (exact) mass is 589 g/mol. The number of hydrogen-bond donors (Lipinski definition) is 2. The van der Waals surface area contributed by atoms with Crippen LogP contribution in [0.15, 0.2) is 79.1 Å². The number of rotatable bonds is 7. The van der Waals surface area contributed by atoms with Gasteiger partial charge in [0, 0.05) is 23.3 Å². The first-order chi connectivity index (χ1) is 19.7. The summed E-state index contributed by atoms with van der Waals surface area (Å²) in [5.74, 6) is -0.279. The summed E-state index contributed by atoms with van der Waals surface area (Å²) < 4.78 is 5.09. The number of hydrogen-bond acceptors (Lipinski definition) is 6. The molecule has 2 N–H and O–H groups in total. The van der Waals surface area contributed by atoms with E-state index < -0.39 is 18.0 Å². The van der Waals surface area contributed by atoms with Crippen LogP contribution in [0.3, 0.4) is 0 Å². The Morgan fingerprint density at radius 1 is 1.07 bits per heavy atom. The van der Waals surface area contributed by atoms with Gasteiger partial charge in [-0.15, -0.1) is 0 Å². The maximum atomic E-state index is 14.0. The molecule has 41 heavy (non-hydrogen) atoms. The highest BCUT2D eigenvalue weighted by Crippen LogP contribution is 2.34. The molecule has 2 aromatic carbocycles. The fraction of sp³-hybridized carbons (Fsp3) is 0.167. The average molecular weight is 590 g/mol. The molecule has 208 valence electrons. The Balaban J connectivity index is 1.46. The van der Waals surface area contributed by atoms with Crippen molar-refractivity contribution in [1.82, 2.24) is 14.9 Å². The second-order valence-electron chi connectivity index (χ2n) is 9.39. The summed E-state index contributed by atoms with van der Waals surface area (Å²) in [5.41, 5.74) is 2.17. The number of carbonyl (C=O) groups is 3. The van der Waals surface area contributed by atoms with Crippen molar-refractivity contribution >= 4 is 52.4 Å². The summed E-state index contributed by atoms with van der Waals surface area (Å²) in [4.78, 5) is 50.5. The van der Waals surface area contributed by atoms with E-state index in [0.29, 0.717) is 39.1 Å². The minimum absolute atomic E-state index is 0.181. The Bertz CT molecular complexity index is 1620. The normalized spacial score (nSPS) is 15.4. The summed E-state index contributed by atoms with van der Waals surface area (Å²) in [5, 5.41) is 6.14. The van der Waals surface area contributed by atoms with Crippen LogP contribution in [0.25, 0.3) is 0 Å². The highest BCUT2D eigenvalue weighted by Gasteiger charge is 2.39. The molecular formula is C30H25Cl2N5O4. The molecule has 0 spiro atoms. The van der Waals surface area contributed by atoms with E-state index in [4.69, 9.17) is 27.9 Å². The van der Waals surface area contributed by atoms with E-state index in [1.54, 1.807) is 66.9 Å². The van der Waals surface area contributed by atoms with Crippen LogP contribution in [0, 0.1) is 0 Å². The number of benzene rings is 2. The number of halogens is 2. The maximum absolute atomic E-state index is 14.0. The van der Waals surface area contributed by atoms with Gasteiger partial charge in [-0.1, -0.05) is 35.3 Å². The number of pyridine rings is 2. The number of nitrogens with one attached hydrogen (secondary N) is 2. The fourth-order valence-electron chi connectivity index (χ4n) is 4.68. The predicted molar refractivity (Wildman–Crippen MR) is 157 cm³/mol. The van der Waals surface area contributed by atoms with Crippen molar-refractivity contribution in [1.29, 1.82) is 0 Å². The van der Waals surface area contributed by atoms with Crippen LogP contribution < -0.4 is 15.4 Å². The number of nitrogens with zero attached hydrogens (tertiary/aromatic N) is 3. The maximum Gasteiger partial charge on any atom is 0.258 e. The number of amides is 3. The predicted octanol–water partition coefficient (Wildman–Crippen LogP) is 5.81. The summed E-state index contributed by atoms with van der Waals surface area (Å²) in [6.07, 6.45) is 3.32. The molecule has 1 aliphatic rings. The van der Waals surface area contributed by atoms with Crippen molar-refractivity contribution in [3.05, 3.63) is 112 Å². The van der Waals surface area contributed by atoms with Gasteiger partial charge in [0.15, 0.2) is 0 Å². The highest BCUT2D eigenvalue weighted by atomic mass is 35.5. The Hall–Kier alpha value is -4.47. The summed E-state index contributed by atoms with van der Waals surface area (Å²) in [7, 11) is 1.53. The first-order valence-electron chi connectivity index (χ1n) is 12.7. The van der Waals surface area contributed by atoms with Gasteiger partial charge in [0.1, 0.15) is 17.6 Å². The molecule has 1 aliphatic heterocycles. The van der Waals surface area contributed by atoms with Crippen LogP contribution >= 0.6 is 23.2 Å². The number of methoxy groups -OCH3 is 1. The van der Waals surface area contributed by atoms with Gasteiger partial charge in [-0.25, -0.2) is 4.98 Å². The van der Waals surface area contributed by atoms with Crippen LogP contribution in [-0.2, 0) is 11.2 Å². The lowest BCUT2D eigenvalue weighted by molar-refractivity contribution is -0.121. The molecule has 3 amide bonds. The molecule has 0 radical (unpaired) electrons. The standard InChI is InChI=1S/C30H25Cl2N5O4/c1-17(18-6-9-22(24(32)13-18)28(38)36-27-11-8-21(41-2)16-34-27)37-26(15-20-5-3-4-12-33-20)29(39)35-25-14-19(31)7-10-23(25)30(37)40/h3-14,16-17,26H,15H2,1-2H3,(H,35,39)(H,34,36,38). The molecule has 9 nitrogen and oxygen atoms in total. The Kier molecular flexibility index (Phi) is 8.19. The molecule has 11 heteroatoms. The quantitative estimate of drug-likeness (QED) is 0.281. The Labute approximate surface area is 246 Å². The summed E-state index contributed by atoms with van der Waals surface area (Å²) in [6.45, 7) is 1.81. The number of ether oxygens (including phenoxy) is 1. The SMILES string of the molecule is COc1ccc(NC(=O)c2ccc(C(C)N3C(=O)c4ccc(Cl)cc4NC(=O)C3Cc3ccccn3)cc2Cl)nc1. The van der Waals surface area contributed by atoms with Crippen molar-refractivity contribution < 1.29 is 19.1 Å². The second-order valence-corrected chi connectivity index (χ2v) is 10.2. The molecule has 0 fully saturated rings. The van der Waals surface area contributed by atoms with Gasteiger partial charge in [0.25, 0.3) is 11.8 Å². The molecule has 2 atom stereocenters. The molecule has 3 heterocycles. The van der Waals surface area contributed by atoms with E-state index in [1.807, 2.05) is 13.0 Å². The second kappa shape index (κ2) is 12.0. The van der Waals surface area contributed by atoms with Gasteiger partial charge in [0.05, 0.1) is 41.2 Å². The van der Waals surface area contributed by atoms with Gasteiger partial charge in [-0.2, -0.15) is 0 Å². The summed E-state index contributed by atoms with van der Waals surface area (Å²) >= 11 is 12.7. The molecule has 5 rings (SSSR count). The molecule has 4 aromatic rings. The average Bonchev–Trinajstić information content (AvgIpc) is 3.06. The molecule has 0 saturated heterocycles. The van der Waals surface area contributed by atoms with E-state index >= 15 is 0 Å². The first-order valence-corrected chi connectivity index (χ1v) is 13.4. The van der Waals surface area contributed by atoms with Gasteiger partial charge < -0.3 is 20.3 Å². The van der Waals surface area contributed by atoms with Gasteiger partial charge in [0.2, 0.25) is 5.91 Å². The zero-order chi connectivity index (χ0) is 29.1. The van der Waals surface area contributed by atoms with Gasteiger partial charge in [-0.05, 0) is 67.1 Å². The Morgan fingerprint density at radius 2 is 1.90 bits per heavy atom. The van der Waals surface area contributed by atoms with Crippen LogP contribution in [-0.4, -0.2) is 45.7 Å². The zero-order valence-corrected chi connectivity index (χ0v) is 23.6. The zero-order valence-electron chi connectivity index (χ0n) is 22.1. The Morgan fingerprint density at radius 3 is 2.59 bits per heavy atom. The van der Waals surface area contributed by atoms with E-state index in [2.05, 4.69) is 20.6 Å². The number of carbonyl (C=O) groups excluding carboxylic acids is 3. The van der Waals surface area contributed by atoms with Crippen molar-refractivity contribution in [2.75, 3.05) is 17.7 Å². The molecule has 2 unspecified atom stereocenters. The third-order valence-electron chi connectivity index (χ3n) is 6.82. The van der Waals surface area contributed by atoms with Crippen molar-refractivity contribution in [2.24, 2.45) is 0 Å². The molecule has 2 aromatic heterocycles. The van der Waals surface area contributed by atoms with Crippen molar-refractivity contribution in [2.45, 2.75) is 25.4 Å². The van der Waals surface area contributed by atoms with E-state index in [-0.39, 0.29) is 28.8 Å². The van der Waals surface area contributed by atoms with Crippen LogP contribution in [0.4, 0.5) is 11.5 Å². The molecule has 0 bridgehead atoms. The first kappa shape index (κ1) is 28.1. The lowest BCUT2D eigenvalue weighted by Gasteiger charge is -2.34. The topological polar surface area (TPSA) is 114 Å². The summed E-state index contributed by atoms with van der Waals surface area (Å²) in [6, 6.07) is 16.9. The van der Waals surface area contributed by atoms with E-state index in [0.717, 1.165) is 0 Å². The van der Waals surface area contributed by atoms with Gasteiger partial charge >= 0.3 is 0 Å². The fourth-order valence-corrected chi connectivity index (χ4v) is 5.12. The number of anilines is 2. The van der Waals surface area contributed by atoms with E-state index in [1.165, 1.54) is 18.2 Å². The van der Waals surface area contributed by atoms with Crippen LogP contribution in [0.2, 0.25) is 10.0 Å². The molecule has 0 saturated carbocycles. The number of fused-ring (bicyclic) bond motifs is 1. The van der Waals surface area contributed by atoms with Crippen LogP contribution in [0.1, 0.15) is 44.9 Å². The van der Waals surface area contributed by atoms with Crippen molar-refractivity contribution in [3.8, 4) is 5.75 Å². The molecular weight excluding hydrogens is 565 g/mol. The minimum atomic E-state index is -0.888. The van der Waals surface area contributed by atoms with E-state index in [9.17, 15) is 14.4 Å². The third kappa shape index (κ3) is 6.01. The minimum Gasteiger partial charge on any atom is -0.495 e. The number of aromatic nitrogens is 2. The van der Waals surface area contributed by atoms with Crippen molar-refractivity contribution in [3.63, 3.8) is 0 Å². The largest absolute Gasteiger partial charge is 0.495 e. The third-order valence-corrected chi connectivity index (χ3v) is 7.37. The van der Waals surface area contributed by atoms with Gasteiger partial charge in [-0.3, -0.25) is 19.4 Å². The molecule has 0 aliphatic carbocycles. The smallest absolute Gasteiger partial charge is 0.258 e.